The van der Waals surface area contributed by atoms with Crippen molar-refractivity contribution in [2.45, 2.75) is 39.2 Å². The third kappa shape index (κ3) is 4.43. The first-order valence-electron chi connectivity index (χ1n) is 11.9. The molecular formula is C29H29FN2O2. The van der Waals surface area contributed by atoms with Gasteiger partial charge >= 0.3 is 0 Å². The van der Waals surface area contributed by atoms with Gasteiger partial charge in [-0.25, -0.2) is 4.39 Å². The fraction of sp³-hybridized carbons (Fsp3) is 0.276. The molecule has 174 valence electrons. The summed E-state index contributed by atoms with van der Waals surface area (Å²) in [6, 6.07) is 19.9. The lowest BCUT2D eigenvalue weighted by atomic mass is 9.91. The number of hydrogen-bond acceptors (Lipinski definition) is 4. The van der Waals surface area contributed by atoms with E-state index in [-0.39, 0.29) is 17.7 Å². The van der Waals surface area contributed by atoms with E-state index in [0.717, 1.165) is 46.4 Å². The summed E-state index contributed by atoms with van der Waals surface area (Å²) >= 11 is 0. The number of aromatic nitrogens is 1. The number of anilines is 1. The molecule has 1 aromatic heterocycles. The molecular weight excluding hydrogens is 427 g/mol. The zero-order valence-electron chi connectivity index (χ0n) is 19.6. The predicted octanol–water partition coefficient (Wildman–Crippen LogP) is 7.19. The summed E-state index contributed by atoms with van der Waals surface area (Å²) in [5.74, 6) is 0.598. The van der Waals surface area contributed by atoms with E-state index >= 15 is 0 Å². The molecule has 0 spiro atoms. The Balaban J connectivity index is 1.67. The number of halogens is 1. The number of pyridine rings is 1. The molecule has 1 unspecified atom stereocenters. The van der Waals surface area contributed by atoms with Gasteiger partial charge in [-0.3, -0.25) is 4.98 Å². The van der Waals surface area contributed by atoms with Crippen LogP contribution in [-0.4, -0.2) is 23.2 Å². The molecule has 1 N–H and O–H groups in total. The molecule has 34 heavy (non-hydrogen) atoms. The van der Waals surface area contributed by atoms with Gasteiger partial charge in [0, 0.05) is 35.4 Å². The van der Waals surface area contributed by atoms with Crippen LogP contribution in [0.25, 0.3) is 22.0 Å². The van der Waals surface area contributed by atoms with E-state index < -0.39 is 0 Å². The lowest BCUT2D eigenvalue weighted by molar-refractivity contribution is 0.226. The molecule has 0 amide bonds. The Hall–Kier alpha value is -3.60. The highest BCUT2D eigenvalue weighted by molar-refractivity contribution is 5.98. The molecule has 1 atom stereocenters. The molecule has 1 aliphatic rings. The first kappa shape index (κ1) is 22.2. The van der Waals surface area contributed by atoms with Crippen LogP contribution in [0.4, 0.5) is 10.1 Å². The monoisotopic (exact) mass is 456 g/mol. The predicted molar refractivity (Wildman–Crippen MR) is 135 cm³/mol. The molecule has 2 heterocycles. The number of benzene rings is 3. The van der Waals surface area contributed by atoms with E-state index in [4.69, 9.17) is 9.72 Å². The van der Waals surface area contributed by atoms with Crippen molar-refractivity contribution in [3.8, 4) is 22.6 Å². The molecule has 4 aromatic rings. The van der Waals surface area contributed by atoms with Crippen LogP contribution < -0.4 is 9.64 Å². The van der Waals surface area contributed by atoms with Gasteiger partial charge in [0.25, 0.3) is 0 Å². The highest BCUT2D eigenvalue weighted by Crippen LogP contribution is 2.39. The lowest BCUT2D eigenvalue weighted by Crippen LogP contribution is -2.29. The van der Waals surface area contributed by atoms with Gasteiger partial charge in [-0.2, -0.15) is 0 Å². The van der Waals surface area contributed by atoms with Gasteiger partial charge in [0.2, 0.25) is 0 Å². The van der Waals surface area contributed by atoms with Gasteiger partial charge in [-0.1, -0.05) is 12.1 Å². The van der Waals surface area contributed by atoms with Gasteiger partial charge in [-0.05, 0) is 98.8 Å². The molecule has 0 radical (unpaired) electrons. The number of hydrogen-bond donors (Lipinski definition) is 1. The Kier molecular flexibility index (Phi) is 6.10. The molecule has 3 aromatic carbocycles. The first-order valence-corrected chi connectivity index (χ1v) is 11.9. The second-order valence-corrected chi connectivity index (χ2v) is 9.00. The van der Waals surface area contributed by atoms with Gasteiger partial charge in [0.15, 0.2) is 0 Å². The second kappa shape index (κ2) is 9.34. The van der Waals surface area contributed by atoms with Crippen LogP contribution in [0, 0.1) is 12.7 Å². The maximum Gasteiger partial charge on any atom is 0.123 e. The van der Waals surface area contributed by atoms with Crippen LogP contribution in [0.3, 0.4) is 0 Å². The van der Waals surface area contributed by atoms with Crippen LogP contribution in [-0.2, 0) is 0 Å². The van der Waals surface area contributed by atoms with Gasteiger partial charge in [0.05, 0.1) is 5.52 Å². The minimum absolute atomic E-state index is 0.195. The van der Waals surface area contributed by atoms with Crippen LogP contribution >= 0.6 is 0 Å². The van der Waals surface area contributed by atoms with Crippen molar-refractivity contribution in [3.63, 3.8) is 0 Å². The maximum atomic E-state index is 13.8. The molecule has 4 nitrogen and oxygen atoms in total. The molecule has 0 saturated carbocycles. The zero-order valence-corrected chi connectivity index (χ0v) is 19.6. The fourth-order valence-corrected chi connectivity index (χ4v) is 4.95. The molecule has 5 heteroatoms. The first-order chi connectivity index (χ1) is 16.5. The number of phenolic OH excluding ortho intramolecular Hbond substituents is 1. The molecule has 0 aliphatic carbocycles. The van der Waals surface area contributed by atoms with E-state index in [1.54, 1.807) is 24.3 Å². The summed E-state index contributed by atoms with van der Waals surface area (Å²) in [5.41, 5.74) is 5.92. The third-order valence-electron chi connectivity index (χ3n) is 6.61. The average Bonchev–Trinajstić information content (AvgIpc) is 2.85. The van der Waals surface area contributed by atoms with Crippen molar-refractivity contribution in [1.82, 2.24) is 4.98 Å². The van der Waals surface area contributed by atoms with Crippen molar-refractivity contribution in [3.05, 3.63) is 83.8 Å². The number of aryl methyl sites for hydroxylation is 1. The summed E-state index contributed by atoms with van der Waals surface area (Å²) in [6.07, 6.45) is 3.39. The normalized spacial score (nSPS) is 14.9. The van der Waals surface area contributed by atoms with Crippen molar-refractivity contribution in [2.75, 3.05) is 18.0 Å². The molecule has 1 fully saturated rings. The van der Waals surface area contributed by atoms with Gasteiger partial charge < -0.3 is 14.7 Å². The number of rotatable bonds is 5. The van der Waals surface area contributed by atoms with E-state index in [0.29, 0.717) is 5.75 Å². The van der Waals surface area contributed by atoms with Crippen LogP contribution in [0.5, 0.6) is 11.5 Å². The van der Waals surface area contributed by atoms with E-state index in [9.17, 15) is 9.50 Å². The summed E-state index contributed by atoms with van der Waals surface area (Å²) in [5, 5.41) is 10.7. The topological polar surface area (TPSA) is 45.6 Å². The Morgan fingerprint density at radius 2 is 1.65 bits per heavy atom. The number of ether oxygens (including phenoxy) is 1. The summed E-state index contributed by atoms with van der Waals surface area (Å²) in [6.45, 7) is 6.12. The SMILES string of the molecule is Cc1nc2ccc(N3CCCCC3)cc2c(-c2ccc(F)cc2)c1C(C)Oc1ccc(O)cc1. The molecule has 1 aliphatic heterocycles. The molecule has 5 rings (SSSR count). The summed E-state index contributed by atoms with van der Waals surface area (Å²) < 4.78 is 20.1. The van der Waals surface area contributed by atoms with Gasteiger partial charge in [-0.15, -0.1) is 0 Å². The van der Waals surface area contributed by atoms with Crippen molar-refractivity contribution in [1.29, 1.82) is 0 Å². The minimum Gasteiger partial charge on any atom is -0.508 e. The second-order valence-electron chi connectivity index (χ2n) is 9.00. The van der Waals surface area contributed by atoms with Crippen molar-refractivity contribution >= 4 is 16.6 Å². The fourth-order valence-electron chi connectivity index (χ4n) is 4.95. The average molecular weight is 457 g/mol. The summed E-state index contributed by atoms with van der Waals surface area (Å²) in [7, 11) is 0. The Labute approximate surface area is 199 Å². The molecule has 0 bridgehead atoms. The lowest BCUT2D eigenvalue weighted by Gasteiger charge is -2.29. The smallest absolute Gasteiger partial charge is 0.123 e. The largest absolute Gasteiger partial charge is 0.508 e. The Morgan fingerprint density at radius 1 is 0.941 bits per heavy atom. The maximum absolute atomic E-state index is 13.8. The van der Waals surface area contributed by atoms with Crippen molar-refractivity contribution < 1.29 is 14.2 Å². The van der Waals surface area contributed by atoms with Crippen molar-refractivity contribution in [2.24, 2.45) is 0 Å². The number of nitrogens with zero attached hydrogens (tertiary/aromatic N) is 2. The molecule has 1 saturated heterocycles. The summed E-state index contributed by atoms with van der Waals surface area (Å²) in [4.78, 5) is 7.37. The third-order valence-corrected chi connectivity index (χ3v) is 6.61. The number of aromatic hydroxyl groups is 1. The highest BCUT2D eigenvalue weighted by Gasteiger charge is 2.22. The standard InChI is InChI=1S/C29H29FN2O2/c1-19-28(20(2)34-25-13-11-24(33)12-14-25)29(21-6-8-22(30)9-7-21)26-18-23(10-15-27(26)31-19)32-16-4-3-5-17-32/h6-15,18,20,33H,3-5,16-17H2,1-2H3. The van der Waals surface area contributed by atoms with Crippen LogP contribution in [0.1, 0.15) is 43.5 Å². The van der Waals surface area contributed by atoms with Crippen LogP contribution in [0.15, 0.2) is 66.7 Å². The van der Waals surface area contributed by atoms with E-state index in [1.807, 2.05) is 26.0 Å². The number of phenols is 1. The Bertz CT molecular complexity index is 1300. The zero-order chi connectivity index (χ0) is 23.7. The van der Waals surface area contributed by atoms with E-state index in [2.05, 4.69) is 23.1 Å². The highest BCUT2D eigenvalue weighted by atomic mass is 19.1. The Morgan fingerprint density at radius 3 is 2.35 bits per heavy atom. The quantitative estimate of drug-likeness (QED) is 0.345. The van der Waals surface area contributed by atoms with Gasteiger partial charge in [0.1, 0.15) is 23.4 Å². The van der Waals surface area contributed by atoms with E-state index in [1.165, 1.54) is 37.1 Å². The van der Waals surface area contributed by atoms with Crippen LogP contribution in [0.2, 0.25) is 0 Å². The minimum atomic E-state index is -0.305. The number of piperidine rings is 1. The number of fused-ring (bicyclic) bond motifs is 1.